The highest BCUT2D eigenvalue weighted by atomic mass is 16.4. The van der Waals surface area contributed by atoms with E-state index >= 15 is 0 Å². The van der Waals surface area contributed by atoms with Crippen molar-refractivity contribution in [3.63, 3.8) is 0 Å². The van der Waals surface area contributed by atoms with E-state index in [2.05, 4.69) is 44.9 Å². The van der Waals surface area contributed by atoms with E-state index in [-0.39, 0.29) is 0 Å². The first-order chi connectivity index (χ1) is 5.72. The van der Waals surface area contributed by atoms with Gasteiger partial charge in [-0.2, -0.15) is 0 Å². The minimum Gasteiger partial charge on any atom is -0.320 e. The van der Waals surface area contributed by atoms with E-state index in [0.29, 0.717) is 0 Å². The van der Waals surface area contributed by atoms with E-state index in [1.807, 2.05) is 0 Å². The Bertz CT molecular complexity index is 213. The van der Waals surface area contributed by atoms with Crippen molar-refractivity contribution in [2.24, 2.45) is 5.90 Å². The Labute approximate surface area is 74.0 Å². The van der Waals surface area contributed by atoms with Crippen LogP contribution in [0.1, 0.15) is 23.6 Å². The molecule has 0 aromatic heterocycles. The fraction of sp³-hybridized carbons (Fsp3) is 0.400. The van der Waals surface area contributed by atoms with Crippen molar-refractivity contribution < 1.29 is 5.21 Å². The molecule has 0 aliphatic rings. The molecule has 0 aliphatic heterocycles. The van der Waals surface area contributed by atoms with Crippen LogP contribution in [-0.4, -0.2) is 5.21 Å². The summed E-state index contributed by atoms with van der Waals surface area (Å²) in [6, 6.07) is 6.69. The Hall–Kier alpha value is -0.860. The van der Waals surface area contributed by atoms with E-state index < -0.39 is 0 Å². The molecule has 1 aromatic carbocycles. The average Bonchev–Trinajstić information content (AvgIpc) is 2.06. The summed E-state index contributed by atoms with van der Waals surface area (Å²) >= 11 is 0. The molecule has 0 bridgehead atoms. The number of hydrogen-bond donors (Lipinski definition) is 2. The van der Waals surface area contributed by atoms with Crippen LogP contribution >= 0.6 is 0 Å². The van der Waals surface area contributed by atoms with Gasteiger partial charge < -0.3 is 5.21 Å². The average molecular weight is 167 g/mol. The SMILES string of the molecule is CCc1cc(C)cc(C)c1.NO. The van der Waals surface area contributed by atoms with Crippen molar-refractivity contribution in [3.05, 3.63) is 34.9 Å². The molecule has 12 heavy (non-hydrogen) atoms. The second kappa shape index (κ2) is 5.75. The van der Waals surface area contributed by atoms with Crippen LogP contribution in [0.5, 0.6) is 0 Å². The number of rotatable bonds is 1. The van der Waals surface area contributed by atoms with E-state index in [1.165, 1.54) is 16.7 Å². The summed E-state index contributed by atoms with van der Waals surface area (Å²) in [5.74, 6) is 3.50. The predicted molar refractivity (Wildman–Crippen MR) is 51.3 cm³/mol. The van der Waals surface area contributed by atoms with Crippen molar-refractivity contribution in [1.82, 2.24) is 0 Å². The molecule has 0 spiro atoms. The van der Waals surface area contributed by atoms with Crippen LogP contribution < -0.4 is 5.90 Å². The zero-order valence-electron chi connectivity index (χ0n) is 7.96. The first-order valence-electron chi connectivity index (χ1n) is 4.05. The third-order valence-electron chi connectivity index (χ3n) is 1.69. The Morgan fingerprint density at radius 1 is 1.08 bits per heavy atom. The van der Waals surface area contributed by atoms with Crippen molar-refractivity contribution in [2.45, 2.75) is 27.2 Å². The summed E-state index contributed by atoms with van der Waals surface area (Å²) < 4.78 is 0. The van der Waals surface area contributed by atoms with Crippen molar-refractivity contribution in [1.29, 1.82) is 0 Å². The van der Waals surface area contributed by atoms with E-state index in [0.717, 1.165) is 6.42 Å². The third kappa shape index (κ3) is 3.51. The smallest absolute Gasteiger partial charge is 0.0307 e. The molecule has 1 aromatic rings. The van der Waals surface area contributed by atoms with E-state index in [9.17, 15) is 0 Å². The number of benzene rings is 1. The molecule has 2 nitrogen and oxygen atoms in total. The number of nitrogens with two attached hydrogens (primary N) is 1. The Morgan fingerprint density at radius 2 is 1.50 bits per heavy atom. The minimum atomic E-state index is 1.14. The lowest BCUT2D eigenvalue weighted by Gasteiger charge is -2.00. The first kappa shape index (κ1) is 11.1. The Morgan fingerprint density at radius 3 is 1.83 bits per heavy atom. The predicted octanol–water partition coefficient (Wildman–Crippen LogP) is 2.20. The molecule has 2 heteroatoms. The summed E-state index contributed by atoms with van der Waals surface area (Å²) in [6.45, 7) is 6.48. The topological polar surface area (TPSA) is 46.2 Å². The lowest BCUT2D eigenvalue weighted by Crippen LogP contribution is -1.83. The first-order valence-corrected chi connectivity index (χ1v) is 4.05. The van der Waals surface area contributed by atoms with Crippen LogP contribution in [0.25, 0.3) is 0 Å². The van der Waals surface area contributed by atoms with Gasteiger partial charge in [-0.15, -0.1) is 0 Å². The highest BCUT2D eigenvalue weighted by molar-refractivity contribution is 5.28. The minimum absolute atomic E-state index is 1.14. The van der Waals surface area contributed by atoms with Gasteiger partial charge in [0.1, 0.15) is 0 Å². The van der Waals surface area contributed by atoms with Crippen LogP contribution in [0.3, 0.4) is 0 Å². The molecule has 0 radical (unpaired) electrons. The summed E-state index contributed by atoms with van der Waals surface area (Å²) in [6.07, 6.45) is 1.14. The monoisotopic (exact) mass is 167 g/mol. The summed E-state index contributed by atoms with van der Waals surface area (Å²) in [4.78, 5) is 0. The quantitative estimate of drug-likeness (QED) is 0.630. The van der Waals surface area contributed by atoms with Gasteiger partial charge in [0.15, 0.2) is 0 Å². The molecule has 68 valence electrons. The van der Waals surface area contributed by atoms with Gasteiger partial charge in [0.25, 0.3) is 0 Å². The molecule has 0 saturated carbocycles. The second-order valence-corrected chi connectivity index (χ2v) is 2.85. The van der Waals surface area contributed by atoms with Crippen LogP contribution in [0.15, 0.2) is 18.2 Å². The molecule has 0 amide bonds. The van der Waals surface area contributed by atoms with Crippen molar-refractivity contribution >= 4 is 0 Å². The van der Waals surface area contributed by atoms with Gasteiger partial charge in [0, 0.05) is 0 Å². The molecular weight excluding hydrogens is 150 g/mol. The number of hydrogen-bond acceptors (Lipinski definition) is 2. The van der Waals surface area contributed by atoms with Gasteiger partial charge in [-0.1, -0.05) is 36.2 Å². The molecule has 0 fully saturated rings. The van der Waals surface area contributed by atoms with Gasteiger partial charge in [-0.3, -0.25) is 0 Å². The molecule has 0 aliphatic carbocycles. The van der Waals surface area contributed by atoms with Gasteiger partial charge in [-0.25, -0.2) is 5.90 Å². The summed E-state index contributed by atoms with van der Waals surface area (Å²) in [7, 11) is 0. The van der Waals surface area contributed by atoms with Crippen LogP contribution in [0, 0.1) is 13.8 Å². The lowest BCUT2D eigenvalue weighted by atomic mass is 10.1. The van der Waals surface area contributed by atoms with Crippen molar-refractivity contribution in [2.75, 3.05) is 0 Å². The largest absolute Gasteiger partial charge is 0.320 e. The zero-order chi connectivity index (χ0) is 9.56. The standard InChI is InChI=1S/C10H14.H3NO/c1-4-10-6-8(2)5-9(3)7-10;1-2/h5-7H,4H2,1-3H3;2H,1H2. The van der Waals surface area contributed by atoms with Gasteiger partial charge in [0.2, 0.25) is 0 Å². The Kier molecular flexibility index (Phi) is 5.34. The zero-order valence-corrected chi connectivity index (χ0v) is 7.96. The maximum atomic E-state index is 6.50. The molecule has 0 atom stereocenters. The number of aryl methyl sites for hydroxylation is 3. The Balaban J connectivity index is 0.000000561. The lowest BCUT2D eigenvalue weighted by molar-refractivity contribution is 0.311. The molecular formula is C10H17NO. The maximum absolute atomic E-state index is 6.50. The fourth-order valence-electron chi connectivity index (χ4n) is 1.27. The maximum Gasteiger partial charge on any atom is -0.0307 e. The second-order valence-electron chi connectivity index (χ2n) is 2.85. The van der Waals surface area contributed by atoms with Crippen molar-refractivity contribution in [3.8, 4) is 0 Å². The van der Waals surface area contributed by atoms with Gasteiger partial charge in [0.05, 0.1) is 0 Å². The van der Waals surface area contributed by atoms with Crippen LogP contribution in [-0.2, 0) is 6.42 Å². The van der Waals surface area contributed by atoms with E-state index in [4.69, 9.17) is 5.21 Å². The summed E-state index contributed by atoms with van der Waals surface area (Å²) in [5.41, 5.74) is 4.19. The fourth-order valence-corrected chi connectivity index (χ4v) is 1.27. The van der Waals surface area contributed by atoms with Crippen LogP contribution in [0.4, 0.5) is 0 Å². The van der Waals surface area contributed by atoms with Crippen LogP contribution in [0.2, 0.25) is 0 Å². The van der Waals surface area contributed by atoms with Gasteiger partial charge >= 0.3 is 0 Å². The normalized spacial score (nSPS) is 8.75. The highest BCUT2D eigenvalue weighted by Crippen LogP contribution is 2.08. The molecule has 0 heterocycles. The highest BCUT2D eigenvalue weighted by Gasteiger charge is 1.91. The molecule has 0 saturated heterocycles. The van der Waals surface area contributed by atoms with Gasteiger partial charge in [-0.05, 0) is 25.8 Å². The molecule has 0 unspecified atom stereocenters. The summed E-state index contributed by atoms with van der Waals surface area (Å²) in [5, 5.41) is 6.50. The molecule has 3 N–H and O–H groups in total. The molecule has 1 rings (SSSR count). The van der Waals surface area contributed by atoms with E-state index in [1.54, 1.807) is 0 Å². The third-order valence-corrected chi connectivity index (χ3v) is 1.69.